The van der Waals surface area contributed by atoms with Gasteiger partial charge >= 0.3 is 0 Å². The molecule has 8 unspecified atom stereocenters. The monoisotopic (exact) mass is 416 g/mol. The van der Waals surface area contributed by atoms with Gasteiger partial charge in [-0.05, 0) is 68.1 Å². The van der Waals surface area contributed by atoms with E-state index in [1.807, 2.05) is 0 Å². The molecular formula is C25H43F3O. The second kappa shape index (κ2) is 10.9. The zero-order valence-corrected chi connectivity index (χ0v) is 18.8. The van der Waals surface area contributed by atoms with E-state index >= 15 is 0 Å². The lowest BCUT2D eigenvalue weighted by atomic mass is 9.63. The fourth-order valence-corrected chi connectivity index (χ4v) is 6.85. The van der Waals surface area contributed by atoms with Crippen LogP contribution in [0, 0.1) is 35.5 Å². The average Bonchev–Trinajstić information content (AvgIpc) is 2.71. The second-order valence-corrected chi connectivity index (χ2v) is 10.5. The largest absolute Gasteiger partial charge is 0.378 e. The highest BCUT2D eigenvalue weighted by atomic mass is 19.2. The lowest BCUT2D eigenvalue weighted by molar-refractivity contribution is -0.115. The van der Waals surface area contributed by atoms with Crippen molar-refractivity contribution in [3.05, 3.63) is 0 Å². The molecule has 0 bridgehead atoms. The van der Waals surface area contributed by atoms with Crippen LogP contribution < -0.4 is 0 Å². The lowest BCUT2D eigenvalue weighted by Gasteiger charge is -2.47. The quantitative estimate of drug-likeness (QED) is 0.399. The van der Waals surface area contributed by atoms with E-state index in [4.69, 9.17) is 4.74 Å². The standard InChI is InChI=1S/C25H43F3O/c1-4-6-17(18-11-9-16(2)10-12-18)7-5-8-20-15-19-13-14-21(29-3)24(27)22(19)25(28)23(20)26/h16-25H,4-15H2,1-3H3. The molecule has 3 saturated carbocycles. The van der Waals surface area contributed by atoms with E-state index in [9.17, 15) is 13.2 Å². The van der Waals surface area contributed by atoms with E-state index in [1.165, 1.54) is 45.6 Å². The second-order valence-electron chi connectivity index (χ2n) is 10.5. The lowest BCUT2D eigenvalue weighted by Crippen LogP contribution is -2.53. The molecule has 3 aliphatic carbocycles. The van der Waals surface area contributed by atoms with Gasteiger partial charge in [0.25, 0.3) is 0 Å². The predicted molar refractivity (Wildman–Crippen MR) is 113 cm³/mol. The van der Waals surface area contributed by atoms with Crippen LogP contribution in [-0.4, -0.2) is 31.7 Å². The van der Waals surface area contributed by atoms with Crippen LogP contribution >= 0.6 is 0 Å². The third-order valence-electron chi connectivity index (χ3n) is 8.66. The molecule has 4 heteroatoms. The molecule has 0 radical (unpaired) electrons. The van der Waals surface area contributed by atoms with Gasteiger partial charge in [0.15, 0.2) is 0 Å². The van der Waals surface area contributed by atoms with E-state index < -0.39 is 30.5 Å². The zero-order chi connectivity index (χ0) is 21.0. The Kier molecular flexibility index (Phi) is 8.77. The summed E-state index contributed by atoms with van der Waals surface area (Å²) in [4.78, 5) is 0. The van der Waals surface area contributed by atoms with Crippen LogP contribution in [-0.2, 0) is 4.74 Å². The number of halogens is 3. The van der Waals surface area contributed by atoms with Crippen molar-refractivity contribution in [2.45, 2.75) is 116 Å². The Morgan fingerprint density at radius 1 is 0.897 bits per heavy atom. The Morgan fingerprint density at radius 3 is 2.28 bits per heavy atom. The van der Waals surface area contributed by atoms with Crippen LogP contribution in [0.1, 0.15) is 90.9 Å². The van der Waals surface area contributed by atoms with E-state index in [0.717, 1.165) is 43.4 Å². The molecule has 0 spiro atoms. The third-order valence-corrected chi connectivity index (χ3v) is 8.66. The third kappa shape index (κ3) is 5.52. The first kappa shape index (κ1) is 23.4. The molecular weight excluding hydrogens is 373 g/mol. The van der Waals surface area contributed by atoms with Gasteiger partial charge in [-0.1, -0.05) is 52.4 Å². The number of hydrogen-bond acceptors (Lipinski definition) is 1. The molecule has 3 rings (SSSR count). The van der Waals surface area contributed by atoms with Crippen molar-refractivity contribution in [2.24, 2.45) is 35.5 Å². The SMILES string of the molecule is CCCC(CCCC1CC2CCC(OC)C(F)C2C(F)C1F)C1CCC(C)CC1. The first-order valence-corrected chi connectivity index (χ1v) is 12.4. The molecule has 0 saturated heterocycles. The molecule has 0 aromatic heterocycles. The van der Waals surface area contributed by atoms with Gasteiger partial charge in [0, 0.05) is 13.0 Å². The zero-order valence-electron chi connectivity index (χ0n) is 18.8. The smallest absolute Gasteiger partial charge is 0.137 e. The van der Waals surface area contributed by atoms with Crippen LogP contribution in [0.15, 0.2) is 0 Å². The van der Waals surface area contributed by atoms with Crippen LogP contribution in [0.25, 0.3) is 0 Å². The normalized spacial score (nSPS) is 44.3. The number of rotatable bonds is 8. The Balaban J connectivity index is 1.51. The van der Waals surface area contributed by atoms with Crippen LogP contribution in [0.4, 0.5) is 13.2 Å². The summed E-state index contributed by atoms with van der Waals surface area (Å²) in [5, 5.41) is 0. The fourth-order valence-electron chi connectivity index (χ4n) is 6.85. The summed E-state index contributed by atoms with van der Waals surface area (Å²) in [5.41, 5.74) is 0. The summed E-state index contributed by atoms with van der Waals surface area (Å²) in [5.74, 6) is 1.38. The molecule has 0 aromatic carbocycles. The molecule has 29 heavy (non-hydrogen) atoms. The Bertz CT molecular complexity index is 477. The van der Waals surface area contributed by atoms with Crippen molar-refractivity contribution in [2.75, 3.05) is 7.11 Å². The van der Waals surface area contributed by atoms with Crippen molar-refractivity contribution in [3.8, 4) is 0 Å². The number of methoxy groups -OCH3 is 1. The highest BCUT2D eigenvalue weighted by molar-refractivity contribution is 5.00. The highest BCUT2D eigenvalue weighted by Crippen LogP contribution is 2.48. The van der Waals surface area contributed by atoms with Gasteiger partial charge in [0.2, 0.25) is 0 Å². The van der Waals surface area contributed by atoms with Crippen LogP contribution in [0.5, 0.6) is 0 Å². The summed E-state index contributed by atoms with van der Waals surface area (Å²) in [6.45, 7) is 4.62. The maximum Gasteiger partial charge on any atom is 0.137 e. The average molecular weight is 417 g/mol. The van der Waals surface area contributed by atoms with Crippen molar-refractivity contribution in [1.82, 2.24) is 0 Å². The van der Waals surface area contributed by atoms with Crippen LogP contribution in [0.3, 0.4) is 0 Å². The van der Waals surface area contributed by atoms with Crippen LogP contribution in [0.2, 0.25) is 0 Å². The summed E-state index contributed by atoms with van der Waals surface area (Å²) < 4.78 is 49.6. The van der Waals surface area contributed by atoms with E-state index in [0.29, 0.717) is 12.8 Å². The molecule has 3 fully saturated rings. The minimum absolute atomic E-state index is 0.0188. The van der Waals surface area contributed by atoms with Gasteiger partial charge < -0.3 is 4.74 Å². The fraction of sp³-hybridized carbons (Fsp3) is 1.00. The van der Waals surface area contributed by atoms with Gasteiger partial charge in [0.1, 0.15) is 18.5 Å². The molecule has 0 heterocycles. The first-order chi connectivity index (χ1) is 14.0. The number of fused-ring (bicyclic) bond motifs is 1. The molecule has 170 valence electrons. The Hall–Kier alpha value is -0.250. The van der Waals surface area contributed by atoms with E-state index in [1.54, 1.807) is 0 Å². The Labute approximate surface area is 176 Å². The molecule has 8 atom stereocenters. The van der Waals surface area contributed by atoms with Crippen molar-refractivity contribution in [1.29, 1.82) is 0 Å². The van der Waals surface area contributed by atoms with Gasteiger partial charge in [-0.2, -0.15) is 0 Å². The van der Waals surface area contributed by atoms with E-state index in [-0.39, 0.29) is 11.8 Å². The first-order valence-electron chi connectivity index (χ1n) is 12.4. The van der Waals surface area contributed by atoms with Gasteiger partial charge in [-0.3, -0.25) is 0 Å². The maximum absolute atomic E-state index is 14.9. The minimum atomic E-state index is -1.67. The maximum atomic E-state index is 14.9. The van der Waals surface area contributed by atoms with Gasteiger partial charge in [0.05, 0.1) is 6.10 Å². The molecule has 0 aromatic rings. The topological polar surface area (TPSA) is 9.23 Å². The van der Waals surface area contributed by atoms with Crippen molar-refractivity contribution < 1.29 is 17.9 Å². The highest BCUT2D eigenvalue weighted by Gasteiger charge is 2.52. The van der Waals surface area contributed by atoms with E-state index in [2.05, 4.69) is 13.8 Å². The Morgan fingerprint density at radius 2 is 1.62 bits per heavy atom. The van der Waals surface area contributed by atoms with Gasteiger partial charge in [-0.25, -0.2) is 13.2 Å². The molecule has 0 amide bonds. The summed E-state index contributed by atoms with van der Waals surface area (Å²) in [6.07, 6.45) is 7.71. The molecule has 1 nitrogen and oxygen atoms in total. The summed E-state index contributed by atoms with van der Waals surface area (Å²) >= 11 is 0. The number of hydrogen-bond donors (Lipinski definition) is 0. The molecule has 3 aliphatic rings. The number of alkyl halides is 3. The number of ether oxygens (including phenoxy) is 1. The predicted octanol–water partition coefficient (Wildman–Crippen LogP) is 7.47. The summed E-state index contributed by atoms with van der Waals surface area (Å²) in [7, 11) is 1.48. The minimum Gasteiger partial charge on any atom is -0.378 e. The summed E-state index contributed by atoms with van der Waals surface area (Å²) in [6, 6.07) is 0. The van der Waals surface area contributed by atoms with Crippen molar-refractivity contribution in [3.63, 3.8) is 0 Å². The van der Waals surface area contributed by atoms with Gasteiger partial charge in [-0.15, -0.1) is 0 Å². The molecule has 0 N–H and O–H groups in total. The molecule has 0 aliphatic heterocycles. The van der Waals surface area contributed by atoms with Crippen molar-refractivity contribution >= 4 is 0 Å².